The zero-order chi connectivity index (χ0) is 16.4. The van der Waals surface area contributed by atoms with Gasteiger partial charge in [-0.2, -0.15) is 0 Å². The maximum Gasteiger partial charge on any atom is 0.334 e. The number of hydrazine groups is 1. The normalized spacial score (nSPS) is 21.6. The third-order valence-electron chi connectivity index (χ3n) is 3.85. The molecule has 1 aliphatic carbocycles. The molecule has 120 valence electrons. The third-order valence-corrected chi connectivity index (χ3v) is 4.10. The Morgan fingerprint density at radius 1 is 1.27 bits per heavy atom. The zero-order valence-electron chi connectivity index (χ0n) is 12.8. The van der Waals surface area contributed by atoms with Gasteiger partial charge in [-0.15, -0.1) is 0 Å². The van der Waals surface area contributed by atoms with Gasteiger partial charge in [-0.1, -0.05) is 25.4 Å². The molecule has 1 fully saturated rings. The average Bonchev–Trinajstić information content (AvgIpc) is 3.01. The van der Waals surface area contributed by atoms with E-state index in [0.29, 0.717) is 17.1 Å². The first kappa shape index (κ1) is 16.4. The molecule has 2 amide bonds. The average molecular weight is 326 g/mol. The van der Waals surface area contributed by atoms with E-state index in [1.165, 1.54) is 0 Å². The van der Waals surface area contributed by atoms with Crippen LogP contribution in [0, 0.1) is 5.41 Å². The standard InChI is InChI=1S/C15H20ClN3O3/c1-4-22-12(20)15(9-14(15,2)3)17-13(21)19-18-11-7-5-10(16)6-8-11/h5-8,18H,4,9H2,1-3H3,(H2,17,19,21). The van der Waals surface area contributed by atoms with Crippen LogP contribution in [-0.4, -0.2) is 24.1 Å². The molecule has 0 heterocycles. The summed E-state index contributed by atoms with van der Waals surface area (Å²) < 4.78 is 5.07. The topological polar surface area (TPSA) is 79.5 Å². The number of esters is 1. The number of halogens is 1. The molecule has 1 aliphatic rings. The van der Waals surface area contributed by atoms with Gasteiger partial charge < -0.3 is 10.1 Å². The molecule has 0 saturated heterocycles. The summed E-state index contributed by atoms with van der Waals surface area (Å²) in [5.74, 6) is -0.401. The summed E-state index contributed by atoms with van der Waals surface area (Å²) in [5.41, 5.74) is 4.64. The number of nitrogens with one attached hydrogen (secondary N) is 3. The highest BCUT2D eigenvalue weighted by Gasteiger charge is 2.68. The van der Waals surface area contributed by atoms with Gasteiger partial charge >= 0.3 is 12.0 Å². The molecule has 2 rings (SSSR count). The van der Waals surface area contributed by atoms with Gasteiger partial charge in [0, 0.05) is 10.4 Å². The zero-order valence-corrected chi connectivity index (χ0v) is 13.6. The number of urea groups is 1. The molecule has 3 N–H and O–H groups in total. The van der Waals surface area contributed by atoms with Crippen LogP contribution in [0.1, 0.15) is 27.2 Å². The van der Waals surface area contributed by atoms with Crippen LogP contribution in [0.3, 0.4) is 0 Å². The monoisotopic (exact) mass is 325 g/mol. The second-order valence-electron chi connectivity index (χ2n) is 5.90. The Morgan fingerprint density at radius 2 is 1.86 bits per heavy atom. The Morgan fingerprint density at radius 3 is 2.36 bits per heavy atom. The lowest BCUT2D eigenvalue weighted by Gasteiger charge is -2.21. The number of benzene rings is 1. The van der Waals surface area contributed by atoms with Gasteiger partial charge in [-0.25, -0.2) is 9.59 Å². The Balaban J connectivity index is 1.93. The number of anilines is 1. The minimum Gasteiger partial charge on any atom is -0.464 e. The summed E-state index contributed by atoms with van der Waals surface area (Å²) in [4.78, 5) is 24.1. The van der Waals surface area contributed by atoms with Gasteiger partial charge in [-0.3, -0.25) is 10.9 Å². The van der Waals surface area contributed by atoms with Crippen molar-refractivity contribution in [1.82, 2.24) is 10.7 Å². The highest BCUT2D eigenvalue weighted by molar-refractivity contribution is 6.30. The van der Waals surface area contributed by atoms with E-state index in [4.69, 9.17) is 16.3 Å². The highest BCUT2D eigenvalue weighted by Crippen LogP contribution is 2.56. The molecule has 7 heteroatoms. The number of carbonyl (C=O) groups excluding carboxylic acids is 2. The number of carbonyl (C=O) groups is 2. The molecule has 1 saturated carbocycles. The molecule has 22 heavy (non-hydrogen) atoms. The van der Waals surface area contributed by atoms with Crippen molar-refractivity contribution in [3.8, 4) is 0 Å². The van der Waals surface area contributed by atoms with Crippen LogP contribution < -0.4 is 16.2 Å². The number of ether oxygens (including phenoxy) is 1. The largest absolute Gasteiger partial charge is 0.464 e. The van der Waals surface area contributed by atoms with Crippen molar-refractivity contribution in [2.24, 2.45) is 5.41 Å². The van der Waals surface area contributed by atoms with E-state index in [9.17, 15) is 9.59 Å². The molecular weight excluding hydrogens is 306 g/mol. The Bertz CT molecular complexity index is 574. The number of amides is 2. The van der Waals surface area contributed by atoms with E-state index in [2.05, 4.69) is 16.2 Å². The molecule has 1 unspecified atom stereocenters. The predicted molar refractivity (Wildman–Crippen MR) is 84.5 cm³/mol. The second kappa shape index (κ2) is 6.04. The maximum atomic E-state index is 12.1. The van der Waals surface area contributed by atoms with Crippen LogP contribution in [-0.2, 0) is 9.53 Å². The van der Waals surface area contributed by atoms with Gasteiger partial charge in [0.1, 0.15) is 5.54 Å². The van der Waals surface area contributed by atoms with Gasteiger partial charge in [-0.05, 0) is 37.6 Å². The Kier molecular flexibility index (Phi) is 4.51. The summed E-state index contributed by atoms with van der Waals surface area (Å²) in [5, 5.41) is 3.32. The molecule has 1 atom stereocenters. The first-order chi connectivity index (χ1) is 10.3. The fourth-order valence-electron chi connectivity index (χ4n) is 2.37. The van der Waals surface area contributed by atoms with Crippen molar-refractivity contribution in [2.75, 3.05) is 12.0 Å². The SMILES string of the molecule is CCOC(=O)C1(NC(=O)NNc2ccc(Cl)cc2)CC1(C)C. The molecule has 1 aromatic carbocycles. The van der Waals surface area contributed by atoms with Crippen LogP contribution in [0.2, 0.25) is 5.02 Å². The lowest BCUT2D eigenvalue weighted by Crippen LogP contribution is -2.52. The van der Waals surface area contributed by atoms with Crippen LogP contribution >= 0.6 is 11.6 Å². The molecule has 0 aromatic heterocycles. The lowest BCUT2D eigenvalue weighted by atomic mass is 10.1. The van der Waals surface area contributed by atoms with Crippen molar-refractivity contribution >= 4 is 29.3 Å². The summed E-state index contributed by atoms with van der Waals surface area (Å²) in [6.45, 7) is 5.85. The second-order valence-corrected chi connectivity index (χ2v) is 6.33. The quantitative estimate of drug-likeness (QED) is 0.574. The Labute approximate surface area is 134 Å². The first-order valence-corrected chi connectivity index (χ1v) is 7.45. The predicted octanol–water partition coefficient (Wildman–Crippen LogP) is 2.70. The molecule has 0 aliphatic heterocycles. The molecule has 0 spiro atoms. The van der Waals surface area contributed by atoms with E-state index in [-0.39, 0.29) is 12.0 Å². The highest BCUT2D eigenvalue weighted by atomic mass is 35.5. The molecule has 0 radical (unpaired) electrons. The van der Waals surface area contributed by atoms with Crippen molar-refractivity contribution in [2.45, 2.75) is 32.7 Å². The van der Waals surface area contributed by atoms with E-state index in [0.717, 1.165) is 0 Å². The number of rotatable bonds is 5. The van der Waals surface area contributed by atoms with Crippen LogP contribution in [0.4, 0.5) is 10.5 Å². The third kappa shape index (κ3) is 3.27. The van der Waals surface area contributed by atoms with Gasteiger partial charge in [0.25, 0.3) is 0 Å². The van der Waals surface area contributed by atoms with E-state index < -0.39 is 17.5 Å². The minimum absolute atomic E-state index is 0.281. The van der Waals surface area contributed by atoms with Crippen molar-refractivity contribution in [3.63, 3.8) is 0 Å². The summed E-state index contributed by atoms with van der Waals surface area (Å²) in [7, 11) is 0. The molecule has 1 aromatic rings. The molecule has 0 bridgehead atoms. The van der Waals surface area contributed by atoms with E-state index in [1.807, 2.05) is 13.8 Å². The first-order valence-electron chi connectivity index (χ1n) is 7.08. The van der Waals surface area contributed by atoms with Gasteiger partial charge in [0.05, 0.1) is 12.3 Å². The van der Waals surface area contributed by atoms with Gasteiger partial charge in [0.15, 0.2) is 0 Å². The van der Waals surface area contributed by atoms with E-state index in [1.54, 1.807) is 31.2 Å². The van der Waals surface area contributed by atoms with Crippen molar-refractivity contribution in [1.29, 1.82) is 0 Å². The summed E-state index contributed by atoms with van der Waals surface area (Å²) in [6.07, 6.45) is 0.549. The molecule has 6 nitrogen and oxygen atoms in total. The smallest absolute Gasteiger partial charge is 0.334 e. The summed E-state index contributed by atoms with van der Waals surface area (Å²) >= 11 is 5.79. The Hall–Kier alpha value is -1.95. The fraction of sp³-hybridized carbons (Fsp3) is 0.467. The van der Waals surface area contributed by atoms with Gasteiger partial charge in [0.2, 0.25) is 0 Å². The van der Waals surface area contributed by atoms with Crippen molar-refractivity contribution in [3.05, 3.63) is 29.3 Å². The number of hydrogen-bond acceptors (Lipinski definition) is 4. The lowest BCUT2D eigenvalue weighted by molar-refractivity contribution is -0.147. The maximum absolute atomic E-state index is 12.1. The van der Waals surface area contributed by atoms with E-state index >= 15 is 0 Å². The van der Waals surface area contributed by atoms with Crippen LogP contribution in [0.25, 0.3) is 0 Å². The fourth-order valence-corrected chi connectivity index (χ4v) is 2.50. The van der Waals surface area contributed by atoms with Crippen LogP contribution in [0.5, 0.6) is 0 Å². The summed E-state index contributed by atoms with van der Waals surface area (Å²) in [6, 6.07) is 6.37. The minimum atomic E-state index is -0.964. The van der Waals surface area contributed by atoms with Crippen LogP contribution in [0.15, 0.2) is 24.3 Å². The molecular formula is C15H20ClN3O3. The number of hydrogen-bond donors (Lipinski definition) is 3. The van der Waals surface area contributed by atoms with Crippen molar-refractivity contribution < 1.29 is 14.3 Å².